The van der Waals surface area contributed by atoms with E-state index in [0.717, 1.165) is 23.1 Å². The van der Waals surface area contributed by atoms with Gasteiger partial charge in [0.2, 0.25) is 0 Å². The van der Waals surface area contributed by atoms with Crippen molar-refractivity contribution in [3.8, 4) is 5.75 Å². The van der Waals surface area contributed by atoms with Crippen LogP contribution in [0.5, 0.6) is 5.75 Å². The average Bonchev–Trinajstić information content (AvgIpc) is 2.49. The van der Waals surface area contributed by atoms with Crippen molar-refractivity contribution in [1.82, 2.24) is 0 Å². The van der Waals surface area contributed by atoms with Crippen LogP contribution in [-0.2, 0) is 0 Å². The number of rotatable bonds is 2. The first-order valence-electron chi connectivity index (χ1n) is 6.39. The zero-order valence-corrected chi connectivity index (χ0v) is 10.5. The van der Waals surface area contributed by atoms with Gasteiger partial charge in [0.25, 0.3) is 0 Å². The second-order valence-corrected chi connectivity index (χ2v) is 4.62. The number of phenols is 1. The predicted molar refractivity (Wildman–Crippen MR) is 77.9 cm³/mol. The fourth-order valence-electron chi connectivity index (χ4n) is 2.42. The summed E-state index contributed by atoms with van der Waals surface area (Å²) in [5.41, 5.74) is 8.59. The van der Waals surface area contributed by atoms with Gasteiger partial charge in [-0.25, -0.2) is 0 Å². The molecule has 1 heteroatoms. The summed E-state index contributed by atoms with van der Waals surface area (Å²) >= 11 is 0. The van der Waals surface area contributed by atoms with Crippen LogP contribution in [0, 0.1) is 0 Å². The third-order valence-corrected chi connectivity index (χ3v) is 3.42. The maximum atomic E-state index is 10.5. The van der Waals surface area contributed by atoms with Crippen LogP contribution >= 0.6 is 0 Å². The molecule has 1 N–H and O–H groups in total. The van der Waals surface area contributed by atoms with E-state index in [-0.39, 0.29) is 5.92 Å². The van der Waals surface area contributed by atoms with Crippen molar-refractivity contribution in [1.29, 1.82) is 0 Å². The molecule has 2 aliphatic carbocycles. The topological polar surface area (TPSA) is 20.2 Å². The van der Waals surface area contributed by atoms with E-state index in [4.69, 9.17) is 0 Å². The Hall–Kier alpha value is -2.46. The minimum absolute atomic E-state index is 0.254. The van der Waals surface area contributed by atoms with Gasteiger partial charge in [0.15, 0.2) is 0 Å². The van der Waals surface area contributed by atoms with Gasteiger partial charge in [-0.05, 0) is 30.2 Å². The molecule has 2 aliphatic rings. The van der Waals surface area contributed by atoms with Crippen molar-refractivity contribution in [2.45, 2.75) is 12.3 Å². The molecule has 0 heterocycles. The van der Waals surface area contributed by atoms with Crippen LogP contribution in [0.25, 0.3) is 5.57 Å². The number of aromatic hydroxyl groups is 1. The molecular weight excluding hydrogens is 232 g/mol. The molecule has 0 aromatic heterocycles. The van der Waals surface area contributed by atoms with Gasteiger partial charge in [-0.2, -0.15) is 0 Å². The Morgan fingerprint density at radius 3 is 2.84 bits per heavy atom. The van der Waals surface area contributed by atoms with Gasteiger partial charge in [0, 0.05) is 17.0 Å². The highest BCUT2D eigenvalue weighted by Gasteiger charge is 2.16. The van der Waals surface area contributed by atoms with E-state index in [1.54, 1.807) is 0 Å². The number of hydrogen-bond acceptors (Lipinski definition) is 1. The minimum atomic E-state index is 0.254. The summed E-state index contributed by atoms with van der Waals surface area (Å²) in [5, 5.41) is 10.5. The van der Waals surface area contributed by atoms with E-state index < -0.39 is 0 Å². The van der Waals surface area contributed by atoms with Crippen LogP contribution in [0.4, 0.5) is 0 Å². The lowest BCUT2D eigenvalue weighted by atomic mass is 9.89. The number of benzene rings is 1. The number of phenolic OH excluding ortho intramolecular Hbond substituents is 1. The summed E-state index contributed by atoms with van der Waals surface area (Å²) in [6, 6.07) is 5.92. The van der Waals surface area contributed by atoms with Crippen LogP contribution in [0.15, 0.2) is 72.2 Å². The largest absolute Gasteiger partial charge is 0.507 e. The maximum absolute atomic E-state index is 10.5. The molecule has 1 unspecified atom stereocenters. The molecule has 0 radical (unpaired) electrons. The number of para-hydroxylation sites is 1. The molecule has 0 spiro atoms. The molecule has 1 aromatic rings. The summed E-state index contributed by atoms with van der Waals surface area (Å²) in [6.07, 6.45) is 14.9. The third-order valence-electron chi connectivity index (χ3n) is 3.42. The molecule has 92 valence electrons. The van der Waals surface area contributed by atoms with Gasteiger partial charge in [-0.15, -0.1) is 0 Å². The highest BCUT2D eigenvalue weighted by atomic mass is 16.3. The summed E-state index contributed by atoms with van der Waals surface area (Å²) < 4.78 is 0. The lowest BCUT2D eigenvalue weighted by molar-refractivity contribution is 0.463. The smallest absolute Gasteiger partial charge is 0.127 e. The van der Waals surface area contributed by atoms with Crippen molar-refractivity contribution in [3.05, 3.63) is 83.3 Å². The molecule has 0 saturated heterocycles. The average molecular weight is 246 g/mol. The van der Waals surface area contributed by atoms with E-state index >= 15 is 0 Å². The molecule has 0 amide bonds. The fraction of sp³-hybridized carbons (Fsp3) is 0.111. The van der Waals surface area contributed by atoms with E-state index in [1.165, 1.54) is 0 Å². The molecule has 0 aliphatic heterocycles. The predicted octanol–water partition coefficient (Wildman–Crippen LogP) is 4.26. The Balaban J connectivity index is 2.02. The molecule has 0 bridgehead atoms. The van der Waals surface area contributed by atoms with Crippen LogP contribution in [0.3, 0.4) is 0 Å². The molecule has 0 fully saturated rings. The number of hydrogen-bond donors (Lipinski definition) is 1. The van der Waals surface area contributed by atoms with Crippen molar-refractivity contribution in [2.24, 2.45) is 0 Å². The Labute approximate surface area is 112 Å². The summed E-state index contributed by atoms with van der Waals surface area (Å²) in [5.74, 6) is 0.622. The highest BCUT2D eigenvalue weighted by molar-refractivity contribution is 5.80. The first-order chi connectivity index (χ1) is 9.36. The number of allylic oxidation sites excluding steroid dienone is 8. The van der Waals surface area contributed by atoms with Crippen molar-refractivity contribution >= 4 is 5.57 Å². The minimum Gasteiger partial charge on any atom is -0.507 e. The molecule has 0 saturated carbocycles. The second-order valence-electron chi connectivity index (χ2n) is 4.62. The van der Waals surface area contributed by atoms with E-state index in [9.17, 15) is 5.11 Å². The Kier molecular flexibility index (Phi) is 3.08. The lowest BCUT2D eigenvalue weighted by Gasteiger charge is -2.17. The summed E-state index contributed by atoms with van der Waals surface area (Å²) in [6.45, 7) is 0. The van der Waals surface area contributed by atoms with Crippen LogP contribution in [0.2, 0.25) is 0 Å². The van der Waals surface area contributed by atoms with Gasteiger partial charge >= 0.3 is 0 Å². The van der Waals surface area contributed by atoms with Crippen molar-refractivity contribution < 1.29 is 5.11 Å². The zero-order valence-electron chi connectivity index (χ0n) is 10.5. The van der Waals surface area contributed by atoms with E-state index in [1.807, 2.05) is 48.6 Å². The summed E-state index contributed by atoms with van der Waals surface area (Å²) in [7, 11) is 0. The van der Waals surface area contributed by atoms with Gasteiger partial charge in [0.1, 0.15) is 5.75 Å². The normalized spacial score (nSPS) is 19.8. The zero-order chi connectivity index (χ0) is 13.1. The monoisotopic (exact) mass is 246 g/mol. The Morgan fingerprint density at radius 2 is 2.11 bits per heavy atom. The Bertz CT molecular complexity index is 688. The van der Waals surface area contributed by atoms with Gasteiger partial charge < -0.3 is 5.11 Å². The van der Waals surface area contributed by atoms with Crippen LogP contribution in [-0.4, -0.2) is 5.11 Å². The van der Waals surface area contributed by atoms with Crippen molar-refractivity contribution in [3.63, 3.8) is 0 Å². The lowest BCUT2D eigenvalue weighted by Crippen LogP contribution is -1.98. The summed E-state index contributed by atoms with van der Waals surface area (Å²) in [4.78, 5) is 0. The van der Waals surface area contributed by atoms with Gasteiger partial charge in [-0.3, -0.25) is 0 Å². The first-order valence-corrected chi connectivity index (χ1v) is 6.39. The maximum Gasteiger partial charge on any atom is 0.127 e. The van der Waals surface area contributed by atoms with Gasteiger partial charge in [0.05, 0.1) is 0 Å². The van der Waals surface area contributed by atoms with E-state index in [2.05, 4.69) is 23.6 Å². The van der Waals surface area contributed by atoms with Crippen molar-refractivity contribution in [2.75, 3.05) is 0 Å². The molecule has 19 heavy (non-hydrogen) atoms. The second kappa shape index (κ2) is 5.04. The quantitative estimate of drug-likeness (QED) is 0.773. The molecule has 1 nitrogen and oxygen atoms in total. The molecule has 1 aromatic carbocycles. The molecular formula is C18H14O. The SMILES string of the molecule is Oc1c(C2=CC=C=C=C2)cccc1C1C=CC=CC1. The van der Waals surface area contributed by atoms with Crippen LogP contribution in [0.1, 0.15) is 23.5 Å². The highest BCUT2D eigenvalue weighted by Crippen LogP contribution is 2.36. The molecule has 3 rings (SSSR count). The third kappa shape index (κ3) is 2.26. The van der Waals surface area contributed by atoms with Gasteiger partial charge in [-0.1, -0.05) is 54.0 Å². The fourth-order valence-corrected chi connectivity index (χ4v) is 2.42. The molecule has 1 atom stereocenters. The van der Waals surface area contributed by atoms with Crippen LogP contribution < -0.4 is 0 Å². The first kappa shape index (κ1) is 11.6. The Morgan fingerprint density at radius 1 is 1.16 bits per heavy atom. The standard InChI is InChI=1S/C18H14O/c19-18-16(14-8-3-1-4-9-14)12-7-13-17(18)15-10-5-2-6-11-15/h1,3-5,7-8,10-14,19H,9H2. The van der Waals surface area contributed by atoms with E-state index in [0.29, 0.717) is 5.75 Å².